The molecule has 2 aromatic carbocycles. The van der Waals surface area contributed by atoms with Gasteiger partial charge in [0.25, 0.3) is 0 Å². The van der Waals surface area contributed by atoms with Crippen LogP contribution in [0.1, 0.15) is 12.6 Å². The third-order valence-corrected chi connectivity index (χ3v) is 5.74. The van der Waals surface area contributed by atoms with Gasteiger partial charge in [-0.3, -0.25) is 4.99 Å². The SMILES string of the molecule is C/N=C\C=C(/C)c1[nH]c(-c2ccc([S+](C)[O-])cc2)nc1-c1cccc(I)c1. The Kier molecular flexibility index (Phi) is 6.51. The zero-order valence-electron chi connectivity index (χ0n) is 15.4. The molecule has 1 aromatic heterocycles. The first-order chi connectivity index (χ1) is 13.0. The Bertz CT molecular complexity index is 991. The number of allylic oxidation sites excluding steroid dienone is 2. The molecule has 0 aliphatic carbocycles. The maximum absolute atomic E-state index is 11.6. The number of rotatable bonds is 5. The van der Waals surface area contributed by atoms with Crippen LogP contribution in [-0.2, 0) is 11.2 Å². The first-order valence-electron chi connectivity index (χ1n) is 8.39. The molecule has 4 nitrogen and oxygen atoms in total. The van der Waals surface area contributed by atoms with Gasteiger partial charge >= 0.3 is 0 Å². The highest BCUT2D eigenvalue weighted by Gasteiger charge is 2.15. The van der Waals surface area contributed by atoms with Crippen LogP contribution in [-0.4, -0.2) is 34.0 Å². The van der Waals surface area contributed by atoms with Crippen molar-refractivity contribution >= 4 is 45.6 Å². The lowest BCUT2D eigenvalue weighted by molar-refractivity contribution is 0.601. The summed E-state index contributed by atoms with van der Waals surface area (Å²) in [4.78, 5) is 13.2. The van der Waals surface area contributed by atoms with E-state index in [1.807, 2.05) is 43.3 Å². The molecule has 0 aliphatic rings. The van der Waals surface area contributed by atoms with Gasteiger partial charge in [0.2, 0.25) is 0 Å². The number of nitrogens with one attached hydrogen (secondary N) is 1. The number of hydrogen-bond donors (Lipinski definition) is 1. The Morgan fingerprint density at radius 1 is 1.19 bits per heavy atom. The third-order valence-electron chi connectivity index (χ3n) is 4.13. The van der Waals surface area contributed by atoms with Gasteiger partial charge in [-0.1, -0.05) is 12.1 Å². The first kappa shape index (κ1) is 19.9. The molecule has 0 radical (unpaired) electrons. The van der Waals surface area contributed by atoms with Crippen LogP contribution in [0.4, 0.5) is 0 Å². The molecule has 1 atom stereocenters. The molecule has 0 amide bonds. The average molecular weight is 489 g/mol. The van der Waals surface area contributed by atoms with Gasteiger partial charge < -0.3 is 9.54 Å². The minimum absolute atomic E-state index is 0.786. The number of halogens is 1. The lowest BCUT2D eigenvalue weighted by atomic mass is 10.1. The Morgan fingerprint density at radius 3 is 2.56 bits per heavy atom. The van der Waals surface area contributed by atoms with Crippen LogP contribution in [0, 0.1) is 3.57 Å². The number of imidazole rings is 1. The van der Waals surface area contributed by atoms with Gasteiger partial charge in [-0.25, -0.2) is 4.98 Å². The topological polar surface area (TPSA) is 64.1 Å². The minimum atomic E-state index is -0.991. The second-order valence-corrected chi connectivity index (χ2v) is 8.68. The summed E-state index contributed by atoms with van der Waals surface area (Å²) < 4.78 is 12.8. The van der Waals surface area contributed by atoms with E-state index in [0.717, 1.165) is 42.4 Å². The molecule has 0 aliphatic heterocycles. The molecule has 3 rings (SSSR count). The molecule has 1 N–H and O–H groups in total. The van der Waals surface area contributed by atoms with Crippen LogP contribution in [0.5, 0.6) is 0 Å². The molecular formula is C21H20IN3OS. The number of H-pyrrole nitrogens is 1. The minimum Gasteiger partial charge on any atom is -0.612 e. The highest BCUT2D eigenvalue weighted by Crippen LogP contribution is 2.31. The largest absolute Gasteiger partial charge is 0.612 e. The second-order valence-electron chi connectivity index (χ2n) is 6.05. The van der Waals surface area contributed by atoms with E-state index in [2.05, 4.69) is 50.8 Å². The van der Waals surface area contributed by atoms with Gasteiger partial charge in [0.15, 0.2) is 4.90 Å². The number of benzene rings is 2. The summed E-state index contributed by atoms with van der Waals surface area (Å²) in [5, 5.41) is 0. The maximum Gasteiger partial charge on any atom is 0.152 e. The van der Waals surface area contributed by atoms with Crippen molar-refractivity contribution in [1.29, 1.82) is 0 Å². The summed E-state index contributed by atoms with van der Waals surface area (Å²) in [6, 6.07) is 15.9. The number of aliphatic imine (C=N–C) groups is 1. The molecule has 0 bridgehead atoms. The summed E-state index contributed by atoms with van der Waals surface area (Å²) in [5.74, 6) is 0.786. The van der Waals surface area contributed by atoms with Crippen LogP contribution < -0.4 is 0 Å². The Balaban J connectivity index is 2.11. The van der Waals surface area contributed by atoms with Gasteiger partial charge in [0.1, 0.15) is 12.1 Å². The van der Waals surface area contributed by atoms with Gasteiger partial charge in [-0.05, 0) is 88.7 Å². The van der Waals surface area contributed by atoms with Gasteiger partial charge in [0.05, 0.1) is 11.4 Å². The summed E-state index contributed by atoms with van der Waals surface area (Å²) in [7, 11) is 1.75. The normalized spacial score (nSPS) is 13.3. The smallest absolute Gasteiger partial charge is 0.152 e. The van der Waals surface area contributed by atoms with Crippen molar-refractivity contribution < 1.29 is 4.55 Å². The monoisotopic (exact) mass is 489 g/mol. The fourth-order valence-corrected chi connectivity index (χ4v) is 3.78. The van der Waals surface area contributed by atoms with E-state index in [4.69, 9.17) is 4.98 Å². The first-order valence-corrected chi connectivity index (χ1v) is 11.0. The quantitative estimate of drug-likeness (QED) is 0.305. The van der Waals surface area contributed by atoms with Crippen molar-refractivity contribution in [2.45, 2.75) is 11.8 Å². The average Bonchev–Trinajstić information content (AvgIpc) is 3.11. The van der Waals surface area contributed by atoms with Crippen molar-refractivity contribution in [3.63, 3.8) is 0 Å². The van der Waals surface area contributed by atoms with Crippen molar-refractivity contribution in [1.82, 2.24) is 9.97 Å². The lowest BCUT2D eigenvalue weighted by Gasteiger charge is -2.04. The molecule has 0 saturated carbocycles. The summed E-state index contributed by atoms with van der Waals surface area (Å²) in [6.45, 7) is 2.04. The highest BCUT2D eigenvalue weighted by molar-refractivity contribution is 14.1. The Hall–Kier alpha value is -1.90. The van der Waals surface area contributed by atoms with E-state index in [1.165, 1.54) is 0 Å². The highest BCUT2D eigenvalue weighted by atomic mass is 127. The molecule has 1 unspecified atom stereocenters. The van der Waals surface area contributed by atoms with Crippen LogP contribution in [0.15, 0.2) is 64.5 Å². The molecule has 1 heterocycles. The van der Waals surface area contributed by atoms with Crippen molar-refractivity contribution in [2.75, 3.05) is 13.3 Å². The van der Waals surface area contributed by atoms with E-state index < -0.39 is 11.2 Å². The maximum atomic E-state index is 11.6. The summed E-state index contributed by atoms with van der Waals surface area (Å²) in [5.41, 5.74) is 4.95. The fraction of sp³-hybridized carbons (Fsp3) is 0.143. The zero-order valence-corrected chi connectivity index (χ0v) is 18.3. The van der Waals surface area contributed by atoms with E-state index in [0.29, 0.717) is 0 Å². The number of hydrogen-bond acceptors (Lipinski definition) is 3. The van der Waals surface area contributed by atoms with Crippen LogP contribution in [0.25, 0.3) is 28.2 Å². The predicted octanol–water partition coefficient (Wildman–Crippen LogP) is 5.19. The second kappa shape index (κ2) is 8.86. The van der Waals surface area contributed by atoms with E-state index in [-0.39, 0.29) is 0 Å². The van der Waals surface area contributed by atoms with Crippen LogP contribution >= 0.6 is 22.6 Å². The molecule has 27 heavy (non-hydrogen) atoms. The predicted molar refractivity (Wildman–Crippen MR) is 123 cm³/mol. The van der Waals surface area contributed by atoms with E-state index in [1.54, 1.807) is 19.5 Å². The molecule has 3 aromatic rings. The number of aromatic amines is 1. The van der Waals surface area contributed by atoms with E-state index in [9.17, 15) is 4.55 Å². The molecule has 0 spiro atoms. The van der Waals surface area contributed by atoms with Crippen molar-refractivity contribution in [3.8, 4) is 22.6 Å². The van der Waals surface area contributed by atoms with Crippen molar-refractivity contribution in [2.24, 2.45) is 4.99 Å². The molecule has 0 saturated heterocycles. The molecule has 0 fully saturated rings. The standard InChI is InChI=1S/C21H20IN3OS/c1-14(11-12-23-2)19-20(16-5-4-6-17(22)13-16)25-21(24-19)15-7-9-18(10-8-15)27(3)26/h4-13H,1-3H3,(H,24,25)/b14-11+,23-12-. The lowest BCUT2D eigenvalue weighted by Crippen LogP contribution is -1.96. The van der Waals surface area contributed by atoms with Crippen molar-refractivity contribution in [3.05, 3.63) is 63.9 Å². The molecule has 138 valence electrons. The number of aromatic nitrogens is 2. The third kappa shape index (κ3) is 4.69. The van der Waals surface area contributed by atoms with Crippen LogP contribution in [0.2, 0.25) is 0 Å². The molecular weight excluding hydrogens is 469 g/mol. The van der Waals surface area contributed by atoms with Gasteiger partial charge in [-0.15, -0.1) is 0 Å². The number of nitrogens with zero attached hydrogens (tertiary/aromatic N) is 2. The van der Waals surface area contributed by atoms with Gasteiger partial charge in [0, 0.05) is 28.0 Å². The summed E-state index contributed by atoms with van der Waals surface area (Å²) >= 11 is 1.32. The fourth-order valence-electron chi connectivity index (χ4n) is 2.71. The van der Waals surface area contributed by atoms with E-state index >= 15 is 0 Å². The van der Waals surface area contributed by atoms with Gasteiger partial charge in [-0.2, -0.15) is 0 Å². The zero-order chi connectivity index (χ0) is 19.4. The Labute approximate surface area is 176 Å². The summed E-state index contributed by atoms with van der Waals surface area (Å²) in [6.07, 6.45) is 5.43. The Morgan fingerprint density at radius 2 is 1.93 bits per heavy atom. The van der Waals surface area contributed by atoms with Crippen LogP contribution in [0.3, 0.4) is 0 Å². The molecule has 6 heteroatoms.